The Morgan fingerprint density at radius 3 is 1.49 bits per heavy atom. The van der Waals surface area contributed by atoms with Gasteiger partial charge in [0.05, 0.1) is 55.2 Å². The third kappa shape index (κ3) is 8.03. The fourth-order valence-corrected chi connectivity index (χ4v) is 7.07. The van der Waals surface area contributed by atoms with E-state index in [1.807, 2.05) is 48.5 Å². The number of aliphatic hydroxyl groups is 2. The molecule has 16 heteroatoms. The highest BCUT2D eigenvalue weighted by Gasteiger charge is 2.39. The van der Waals surface area contributed by atoms with Crippen LogP contribution in [-0.4, -0.2) is 114 Å². The number of aromatic amines is 2. The minimum Gasteiger partial charge on any atom is -0.465 e. The summed E-state index contributed by atoms with van der Waals surface area (Å²) in [6, 6.07) is 12.9. The first kappa shape index (κ1) is 37.0. The van der Waals surface area contributed by atoms with Crippen LogP contribution in [0.5, 0.6) is 0 Å². The molecule has 2 aliphatic heterocycles. The smallest absolute Gasteiger partial charge is 0.407 e. The molecule has 2 saturated heterocycles. The number of rotatable bonds is 11. The Hall–Kier alpha value is -5.74. The van der Waals surface area contributed by atoms with Crippen molar-refractivity contribution in [2.24, 2.45) is 0 Å². The van der Waals surface area contributed by atoms with E-state index in [9.17, 15) is 29.4 Å². The third-order valence-corrected chi connectivity index (χ3v) is 9.85. The Kier molecular flexibility index (Phi) is 11.1. The van der Waals surface area contributed by atoms with Crippen molar-refractivity contribution in [2.75, 3.05) is 20.2 Å². The van der Waals surface area contributed by atoms with Gasteiger partial charge in [-0.05, 0) is 61.8 Å². The lowest BCUT2D eigenvalue weighted by Gasteiger charge is -2.29. The van der Waals surface area contributed by atoms with E-state index in [1.165, 1.54) is 21.0 Å². The van der Waals surface area contributed by atoms with Gasteiger partial charge in [0.2, 0.25) is 11.8 Å². The van der Waals surface area contributed by atoms with Crippen LogP contribution in [0.4, 0.5) is 9.59 Å². The molecule has 4 amide bonds. The quantitative estimate of drug-likeness (QED) is 0.119. The number of ether oxygens (including phenoxy) is 1. The predicted molar refractivity (Wildman–Crippen MR) is 192 cm³/mol. The van der Waals surface area contributed by atoms with Gasteiger partial charge in [0.25, 0.3) is 0 Å². The zero-order valence-electron chi connectivity index (χ0n) is 29.7. The third-order valence-electron chi connectivity index (χ3n) is 9.85. The lowest BCUT2D eigenvalue weighted by atomic mass is 10.0. The van der Waals surface area contributed by atoms with Crippen molar-refractivity contribution in [2.45, 2.75) is 75.9 Å². The van der Waals surface area contributed by atoms with Crippen molar-refractivity contribution in [1.29, 1.82) is 0 Å². The van der Waals surface area contributed by atoms with E-state index >= 15 is 0 Å². The van der Waals surface area contributed by atoms with Crippen molar-refractivity contribution in [3.63, 3.8) is 0 Å². The summed E-state index contributed by atoms with van der Waals surface area (Å²) in [6.07, 6.45) is 1.80. The SMILES string of the molecule is COC(=O)N[C@H](C(=O)N1CCC[C@H]1c1ncc(-c2ccc(-c3ccc(-c4cnc([C@@H]5CCCN5C(=O)[C@@H](NC(=O)O)[C@@H](C)O)[nH]4)cc3)cc2)[nH]1)[C@@H](C)O. The number of carboxylic acid groups (broad SMARTS) is 1. The topological polar surface area (TPSA) is 226 Å². The van der Waals surface area contributed by atoms with Gasteiger partial charge < -0.3 is 50.5 Å². The Balaban J connectivity index is 1.11. The number of hydrogen-bond donors (Lipinski definition) is 7. The van der Waals surface area contributed by atoms with E-state index in [4.69, 9.17) is 5.11 Å². The van der Waals surface area contributed by atoms with E-state index in [1.54, 1.807) is 22.2 Å². The molecule has 6 rings (SSSR count). The maximum Gasteiger partial charge on any atom is 0.407 e. The largest absolute Gasteiger partial charge is 0.465 e. The number of carbonyl (C=O) groups excluding carboxylic acids is 3. The number of carbonyl (C=O) groups is 4. The second-order valence-electron chi connectivity index (χ2n) is 13.4. The maximum absolute atomic E-state index is 13.3. The molecular weight excluding hydrogens is 684 g/mol. The summed E-state index contributed by atoms with van der Waals surface area (Å²) in [6.45, 7) is 3.73. The van der Waals surface area contributed by atoms with Crippen LogP contribution in [0, 0.1) is 0 Å². The molecule has 6 atom stereocenters. The second kappa shape index (κ2) is 15.9. The Morgan fingerprint density at radius 2 is 1.11 bits per heavy atom. The van der Waals surface area contributed by atoms with Gasteiger partial charge in [-0.3, -0.25) is 9.59 Å². The lowest BCUT2D eigenvalue weighted by Crippen LogP contribution is -2.53. The minimum atomic E-state index is -1.38. The molecule has 0 spiro atoms. The van der Waals surface area contributed by atoms with Crippen molar-refractivity contribution in [1.82, 2.24) is 40.4 Å². The molecule has 2 aliphatic rings. The van der Waals surface area contributed by atoms with Gasteiger partial charge >= 0.3 is 12.2 Å². The van der Waals surface area contributed by atoms with Crippen LogP contribution >= 0.6 is 0 Å². The first-order chi connectivity index (χ1) is 25.4. The first-order valence-corrected chi connectivity index (χ1v) is 17.6. The van der Waals surface area contributed by atoms with E-state index in [-0.39, 0.29) is 12.1 Å². The highest BCUT2D eigenvalue weighted by molar-refractivity contribution is 5.87. The number of imidazole rings is 2. The molecule has 0 aliphatic carbocycles. The maximum atomic E-state index is 13.3. The normalized spacial score (nSPS) is 19.3. The summed E-state index contributed by atoms with van der Waals surface area (Å²) >= 11 is 0. The molecular formula is C37H44N8O8. The molecule has 280 valence electrons. The Bertz CT molecular complexity index is 1920. The van der Waals surface area contributed by atoms with E-state index in [0.717, 1.165) is 46.5 Å². The average molecular weight is 729 g/mol. The highest BCUT2D eigenvalue weighted by Crippen LogP contribution is 2.35. The molecule has 0 radical (unpaired) electrons. The Morgan fingerprint density at radius 1 is 0.717 bits per heavy atom. The number of likely N-dealkylation sites (tertiary alicyclic amines) is 2. The zero-order valence-corrected chi connectivity index (χ0v) is 29.7. The van der Waals surface area contributed by atoms with E-state index in [2.05, 4.69) is 35.3 Å². The molecule has 2 aromatic heterocycles. The summed E-state index contributed by atoms with van der Waals surface area (Å²) < 4.78 is 4.63. The van der Waals surface area contributed by atoms with Gasteiger partial charge in [0, 0.05) is 13.1 Å². The van der Waals surface area contributed by atoms with Crippen LogP contribution in [0.2, 0.25) is 0 Å². The number of aliphatic hydroxyl groups excluding tert-OH is 2. The molecule has 2 fully saturated rings. The monoisotopic (exact) mass is 728 g/mol. The van der Waals surface area contributed by atoms with Gasteiger partial charge in [-0.2, -0.15) is 0 Å². The summed E-state index contributed by atoms with van der Waals surface area (Å²) in [5.74, 6) is 0.331. The van der Waals surface area contributed by atoms with Gasteiger partial charge in [-0.25, -0.2) is 19.6 Å². The van der Waals surface area contributed by atoms with Crippen molar-refractivity contribution in [3.8, 4) is 33.6 Å². The molecule has 7 N–H and O–H groups in total. The predicted octanol–water partition coefficient (Wildman–Crippen LogP) is 3.58. The number of nitrogens with one attached hydrogen (secondary N) is 4. The number of hydrogen-bond acceptors (Lipinski definition) is 9. The minimum absolute atomic E-state index is 0.330. The number of nitrogens with zero attached hydrogens (tertiary/aromatic N) is 4. The van der Waals surface area contributed by atoms with Crippen LogP contribution in [0.3, 0.4) is 0 Å². The lowest BCUT2D eigenvalue weighted by molar-refractivity contribution is -0.137. The van der Waals surface area contributed by atoms with Crippen LogP contribution in [0.25, 0.3) is 33.6 Å². The number of alkyl carbamates (subject to hydrolysis) is 1. The summed E-state index contributed by atoms with van der Waals surface area (Å²) in [5, 5.41) is 34.0. The van der Waals surface area contributed by atoms with E-state index < -0.39 is 48.3 Å². The van der Waals surface area contributed by atoms with Gasteiger partial charge in [-0.1, -0.05) is 48.5 Å². The summed E-state index contributed by atoms with van der Waals surface area (Å²) in [4.78, 5) is 68.6. The standard InChI is InChI=1S/C37H44N8O8/c1-20(46)30(42-36(50)51)34(48)44-16-4-6-28(44)32-38-18-26(40-32)24-12-8-22(9-13-24)23-10-14-25(15-11-23)27-19-39-33(41-27)29-7-5-17-45(29)35(49)31(21(2)47)43-37(52)53-3/h8-15,18-21,28-31,42,46-47H,4-7,16-17H2,1-3H3,(H,38,40)(H,39,41)(H,43,52)(H,50,51)/t20-,21-,28+,29+,30+,31+/m1/s1. The highest BCUT2D eigenvalue weighted by atomic mass is 16.5. The van der Waals surface area contributed by atoms with Crippen LogP contribution in [0.15, 0.2) is 60.9 Å². The van der Waals surface area contributed by atoms with Crippen LogP contribution < -0.4 is 10.6 Å². The molecule has 0 unspecified atom stereocenters. The molecule has 0 saturated carbocycles. The van der Waals surface area contributed by atoms with Gasteiger partial charge in [-0.15, -0.1) is 0 Å². The number of benzene rings is 2. The average Bonchev–Trinajstić information content (AvgIpc) is 3.98. The number of amides is 4. The first-order valence-electron chi connectivity index (χ1n) is 17.6. The molecule has 53 heavy (non-hydrogen) atoms. The molecule has 4 heterocycles. The number of methoxy groups -OCH3 is 1. The summed E-state index contributed by atoms with van der Waals surface area (Å²) in [7, 11) is 1.20. The fraction of sp³-hybridized carbons (Fsp3) is 0.405. The second-order valence-corrected chi connectivity index (χ2v) is 13.4. The fourth-order valence-electron chi connectivity index (χ4n) is 7.07. The molecule has 4 aromatic rings. The van der Waals surface area contributed by atoms with Crippen molar-refractivity contribution >= 4 is 24.0 Å². The van der Waals surface area contributed by atoms with Gasteiger partial charge in [0.15, 0.2) is 0 Å². The van der Waals surface area contributed by atoms with Crippen LogP contribution in [-0.2, 0) is 14.3 Å². The molecule has 2 aromatic carbocycles. The number of H-pyrrole nitrogens is 2. The molecule has 0 bridgehead atoms. The molecule has 16 nitrogen and oxygen atoms in total. The Labute approximate surface area is 305 Å². The van der Waals surface area contributed by atoms with Crippen LogP contribution in [0.1, 0.15) is 63.3 Å². The van der Waals surface area contributed by atoms with Crippen molar-refractivity contribution in [3.05, 3.63) is 72.6 Å². The van der Waals surface area contributed by atoms with E-state index in [0.29, 0.717) is 37.6 Å². The number of aromatic nitrogens is 4. The summed E-state index contributed by atoms with van der Waals surface area (Å²) in [5.41, 5.74) is 5.38. The van der Waals surface area contributed by atoms with Gasteiger partial charge in [0.1, 0.15) is 23.7 Å². The van der Waals surface area contributed by atoms with Crippen molar-refractivity contribution < 1.29 is 39.2 Å². The zero-order chi connectivity index (χ0) is 37.8.